The lowest BCUT2D eigenvalue weighted by molar-refractivity contribution is -0.116. The molecule has 122 valence electrons. The Kier molecular flexibility index (Phi) is 4.60. The molecule has 3 heterocycles. The molecule has 0 bridgehead atoms. The largest absolute Gasteiger partial charge is 0.361 e. The molecule has 3 rings (SSSR count). The number of aryl methyl sites for hydroxylation is 2. The van der Waals surface area contributed by atoms with Crippen molar-refractivity contribution in [1.82, 2.24) is 10.1 Å². The third kappa shape index (κ3) is 3.70. The maximum absolute atomic E-state index is 12.1. The molecule has 6 heteroatoms. The van der Waals surface area contributed by atoms with Gasteiger partial charge in [-0.05, 0) is 45.2 Å². The fourth-order valence-electron chi connectivity index (χ4n) is 2.91. The summed E-state index contributed by atoms with van der Waals surface area (Å²) in [5, 5.41) is 6.79. The minimum atomic E-state index is -0.0271. The Balaban J connectivity index is 1.53. The minimum absolute atomic E-state index is 0.0271. The van der Waals surface area contributed by atoms with E-state index in [1.807, 2.05) is 26.0 Å². The van der Waals surface area contributed by atoms with Gasteiger partial charge in [-0.3, -0.25) is 4.79 Å². The number of aromatic nitrogens is 2. The average molecular weight is 314 g/mol. The van der Waals surface area contributed by atoms with Crippen molar-refractivity contribution in [3.63, 3.8) is 0 Å². The zero-order valence-electron chi connectivity index (χ0n) is 13.6. The second-order valence-corrected chi connectivity index (χ2v) is 5.95. The topological polar surface area (TPSA) is 71.3 Å². The van der Waals surface area contributed by atoms with Crippen molar-refractivity contribution in [2.75, 3.05) is 23.3 Å². The van der Waals surface area contributed by atoms with Crippen LogP contribution in [0.5, 0.6) is 0 Å². The lowest BCUT2D eigenvalue weighted by Crippen LogP contribution is -2.19. The smallest absolute Gasteiger partial charge is 0.224 e. The highest BCUT2D eigenvalue weighted by Gasteiger charge is 2.14. The van der Waals surface area contributed by atoms with Gasteiger partial charge in [0.25, 0.3) is 0 Å². The van der Waals surface area contributed by atoms with Crippen LogP contribution in [0.4, 0.5) is 11.5 Å². The maximum Gasteiger partial charge on any atom is 0.224 e. The van der Waals surface area contributed by atoms with E-state index in [0.717, 1.165) is 41.6 Å². The van der Waals surface area contributed by atoms with Crippen molar-refractivity contribution in [2.24, 2.45) is 0 Å². The zero-order valence-corrected chi connectivity index (χ0v) is 13.6. The Labute approximate surface area is 135 Å². The van der Waals surface area contributed by atoms with Gasteiger partial charge in [0.1, 0.15) is 11.6 Å². The summed E-state index contributed by atoms with van der Waals surface area (Å²) in [6.45, 7) is 5.89. The highest BCUT2D eigenvalue weighted by molar-refractivity contribution is 5.90. The fourth-order valence-corrected chi connectivity index (χ4v) is 2.91. The second-order valence-electron chi connectivity index (χ2n) is 5.95. The standard InChI is InChI=1S/C17H22N4O2/c1-12-15(13(2)23-20-12)6-8-17(22)19-14-5-7-16(18-11-14)21-9-3-4-10-21/h5,7,11H,3-4,6,8-10H2,1-2H3,(H,19,22). The molecule has 1 saturated heterocycles. The summed E-state index contributed by atoms with van der Waals surface area (Å²) < 4.78 is 5.11. The monoisotopic (exact) mass is 314 g/mol. The predicted molar refractivity (Wildman–Crippen MR) is 88.6 cm³/mol. The van der Waals surface area contributed by atoms with Gasteiger partial charge in [-0.2, -0.15) is 0 Å². The molecule has 0 spiro atoms. The summed E-state index contributed by atoms with van der Waals surface area (Å²) in [4.78, 5) is 18.8. The summed E-state index contributed by atoms with van der Waals surface area (Å²) >= 11 is 0. The second kappa shape index (κ2) is 6.81. The Morgan fingerprint density at radius 2 is 2.09 bits per heavy atom. The molecular formula is C17H22N4O2. The molecule has 0 aliphatic carbocycles. The number of nitrogens with zero attached hydrogens (tertiary/aromatic N) is 3. The van der Waals surface area contributed by atoms with E-state index >= 15 is 0 Å². The lowest BCUT2D eigenvalue weighted by Gasteiger charge is -2.16. The van der Waals surface area contributed by atoms with Crippen LogP contribution in [0.15, 0.2) is 22.9 Å². The highest BCUT2D eigenvalue weighted by Crippen LogP contribution is 2.19. The van der Waals surface area contributed by atoms with E-state index in [-0.39, 0.29) is 5.91 Å². The summed E-state index contributed by atoms with van der Waals surface area (Å²) in [7, 11) is 0. The number of nitrogens with one attached hydrogen (secondary N) is 1. The van der Waals surface area contributed by atoms with Gasteiger partial charge in [-0.15, -0.1) is 0 Å². The maximum atomic E-state index is 12.1. The summed E-state index contributed by atoms with van der Waals surface area (Å²) in [6.07, 6.45) is 5.20. The van der Waals surface area contributed by atoms with Crippen LogP contribution < -0.4 is 10.2 Å². The molecular weight excluding hydrogens is 292 g/mol. The van der Waals surface area contributed by atoms with Gasteiger partial charge in [0.15, 0.2) is 0 Å². The van der Waals surface area contributed by atoms with Gasteiger partial charge in [-0.25, -0.2) is 4.98 Å². The molecule has 0 aromatic carbocycles. The first kappa shape index (κ1) is 15.5. The normalized spacial score (nSPS) is 14.3. The van der Waals surface area contributed by atoms with Crippen LogP contribution in [0, 0.1) is 13.8 Å². The van der Waals surface area contributed by atoms with Crippen molar-refractivity contribution < 1.29 is 9.32 Å². The van der Waals surface area contributed by atoms with Gasteiger partial charge in [0.05, 0.1) is 17.6 Å². The molecule has 0 radical (unpaired) electrons. The number of pyridine rings is 1. The Morgan fingerprint density at radius 3 is 2.70 bits per heavy atom. The van der Waals surface area contributed by atoms with Gasteiger partial charge in [0.2, 0.25) is 5.91 Å². The van der Waals surface area contributed by atoms with Gasteiger partial charge < -0.3 is 14.7 Å². The number of anilines is 2. The van der Waals surface area contributed by atoms with Crippen molar-refractivity contribution in [3.8, 4) is 0 Å². The zero-order chi connectivity index (χ0) is 16.2. The SMILES string of the molecule is Cc1noc(C)c1CCC(=O)Nc1ccc(N2CCCC2)nc1. The Bertz CT molecular complexity index is 653. The van der Waals surface area contributed by atoms with Crippen LogP contribution in [0.2, 0.25) is 0 Å². The van der Waals surface area contributed by atoms with Crippen LogP contribution in [-0.4, -0.2) is 29.1 Å². The molecule has 6 nitrogen and oxygen atoms in total. The number of amides is 1. The quantitative estimate of drug-likeness (QED) is 0.919. The Hall–Kier alpha value is -2.37. The van der Waals surface area contributed by atoms with Crippen molar-refractivity contribution in [3.05, 3.63) is 35.3 Å². The molecule has 0 unspecified atom stereocenters. The first-order valence-electron chi connectivity index (χ1n) is 8.06. The molecule has 2 aromatic heterocycles. The van der Waals surface area contributed by atoms with Crippen LogP contribution in [-0.2, 0) is 11.2 Å². The highest BCUT2D eigenvalue weighted by atomic mass is 16.5. The van der Waals surface area contributed by atoms with Crippen molar-refractivity contribution in [2.45, 2.75) is 39.5 Å². The van der Waals surface area contributed by atoms with Gasteiger partial charge >= 0.3 is 0 Å². The third-order valence-corrected chi connectivity index (χ3v) is 4.24. The molecule has 1 amide bonds. The number of carbonyl (C=O) groups is 1. The van der Waals surface area contributed by atoms with E-state index in [1.54, 1.807) is 6.20 Å². The molecule has 23 heavy (non-hydrogen) atoms. The lowest BCUT2D eigenvalue weighted by atomic mass is 10.1. The molecule has 1 N–H and O–H groups in total. The summed E-state index contributed by atoms with van der Waals surface area (Å²) in [6, 6.07) is 3.88. The van der Waals surface area contributed by atoms with Crippen molar-refractivity contribution in [1.29, 1.82) is 0 Å². The molecule has 2 aromatic rings. The van der Waals surface area contributed by atoms with Gasteiger partial charge in [-0.1, -0.05) is 5.16 Å². The van der Waals surface area contributed by atoms with Crippen LogP contribution >= 0.6 is 0 Å². The molecule has 0 saturated carbocycles. The minimum Gasteiger partial charge on any atom is -0.361 e. The first-order valence-corrected chi connectivity index (χ1v) is 8.06. The first-order chi connectivity index (χ1) is 11.1. The molecule has 1 fully saturated rings. The van der Waals surface area contributed by atoms with Gasteiger partial charge in [0, 0.05) is 25.1 Å². The molecule has 0 atom stereocenters. The Morgan fingerprint density at radius 1 is 1.30 bits per heavy atom. The van der Waals surface area contributed by atoms with Crippen LogP contribution in [0.1, 0.15) is 36.3 Å². The van der Waals surface area contributed by atoms with E-state index in [4.69, 9.17) is 4.52 Å². The van der Waals surface area contributed by atoms with Crippen LogP contribution in [0.25, 0.3) is 0 Å². The molecule has 1 aliphatic rings. The number of carbonyl (C=O) groups excluding carboxylic acids is 1. The van der Waals surface area contributed by atoms with E-state index in [9.17, 15) is 4.79 Å². The summed E-state index contributed by atoms with van der Waals surface area (Å²) in [5.74, 6) is 1.74. The number of hydrogen-bond acceptors (Lipinski definition) is 5. The third-order valence-electron chi connectivity index (χ3n) is 4.24. The van der Waals surface area contributed by atoms with E-state index < -0.39 is 0 Å². The van der Waals surface area contributed by atoms with E-state index in [0.29, 0.717) is 12.8 Å². The predicted octanol–water partition coefficient (Wildman–Crippen LogP) is 2.86. The van der Waals surface area contributed by atoms with Crippen molar-refractivity contribution >= 4 is 17.4 Å². The summed E-state index contributed by atoms with van der Waals surface area (Å²) in [5.41, 5.74) is 2.60. The fraction of sp³-hybridized carbons (Fsp3) is 0.471. The average Bonchev–Trinajstić information content (AvgIpc) is 3.17. The molecule has 1 aliphatic heterocycles. The number of hydrogen-bond donors (Lipinski definition) is 1. The van der Waals surface area contributed by atoms with E-state index in [2.05, 4.69) is 20.4 Å². The van der Waals surface area contributed by atoms with E-state index in [1.165, 1.54) is 12.8 Å². The number of rotatable bonds is 5. The van der Waals surface area contributed by atoms with Crippen LogP contribution in [0.3, 0.4) is 0 Å².